The van der Waals surface area contributed by atoms with Gasteiger partial charge in [-0.2, -0.15) is 0 Å². The second-order valence-electron chi connectivity index (χ2n) is 2.91. The van der Waals surface area contributed by atoms with Gasteiger partial charge in [-0.05, 0) is 12.3 Å². The van der Waals surface area contributed by atoms with E-state index < -0.39 is 0 Å². The molecular weight excluding hydrogens is 126 g/mol. The minimum absolute atomic E-state index is 0.0763. The van der Waals surface area contributed by atoms with Crippen LogP contribution in [0.25, 0.3) is 0 Å². The van der Waals surface area contributed by atoms with Gasteiger partial charge < -0.3 is 10.5 Å². The topological polar surface area (TPSA) is 43.1 Å². The Labute approximate surface area is 62.8 Å². The maximum atomic E-state index is 10.0. The molecule has 0 aliphatic heterocycles. The maximum Gasteiger partial charge on any atom is 0.121 e. The van der Waals surface area contributed by atoms with E-state index in [4.69, 9.17) is 5.73 Å². The smallest absolute Gasteiger partial charge is 0.121 e. The number of aldehydes is 1. The van der Waals surface area contributed by atoms with Crippen molar-refractivity contribution in [3.63, 3.8) is 0 Å². The Morgan fingerprint density at radius 1 is 1.60 bits per heavy atom. The zero-order chi connectivity index (χ0) is 7.98. The summed E-state index contributed by atoms with van der Waals surface area (Å²) in [6.45, 7) is 4.29. The van der Waals surface area contributed by atoms with E-state index in [0.717, 1.165) is 19.1 Å². The predicted molar refractivity (Wildman–Crippen MR) is 42.7 cm³/mol. The fourth-order valence-electron chi connectivity index (χ4n) is 0.903. The molecule has 0 spiro atoms. The molecule has 2 heteroatoms. The van der Waals surface area contributed by atoms with Crippen molar-refractivity contribution in [2.24, 2.45) is 11.7 Å². The van der Waals surface area contributed by atoms with Crippen LogP contribution in [0.4, 0.5) is 0 Å². The van der Waals surface area contributed by atoms with Crippen LogP contribution in [0.3, 0.4) is 0 Å². The highest BCUT2D eigenvalue weighted by Gasteiger charge is 2.05. The predicted octanol–water partition coefficient (Wildman–Crippen LogP) is 1.34. The van der Waals surface area contributed by atoms with Gasteiger partial charge in [0, 0.05) is 12.5 Å². The molecular formula is C8H17NO. The van der Waals surface area contributed by atoms with Crippen LogP contribution in [0.15, 0.2) is 0 Å². The molecule has 0 saturated carbocycles. The van der Waals surface area contributed by atoms with Crippen LogP contribution < -0.4 is 5.73 Å². The van der Waals surface area contributed by atoms with Crippen molar-refractivity contribution in [1.29, 1.82) is 0 Å². The fourth-order valence-corrected chi connectivity index (χ4v) is 0.903. The van der Waals surface area contributed by atoms with E-state index in [9.17, 15) is 4.79 Å². The summed E-state index contributed by atoms with van der Waals surface area (Å²) in [5, 5.41) is 0. The summed E-state index contributed by atoms with van der Waals surface area (Å²) in [4.78, 5) is 10.0. The molecule has 0 aromatic rings. The first-order chi connectivity index (χ1) is 4.70. The average Bonchev–Trinajstić information content (AvgIpc) is 1.88. The fraction of sp³-hybridized carbons (Fsp3) is 0.875. The number of rotatable bonds is 5. The van der Waals surface area contributed by atoms with E-state index in [2.05, 4.69) is 13.8 Å². The van der Waals surface area contributed by atoms with E-state index >= 15 is 0 Å². The van der Waals surface area contributed by atoms with E-state index in [1.807, 2.05) is 0 Å². The largest absolute Gasteiger partial charge is 0.327 e. The standard InChI is InChI=1S/C8H17NO/c1-3-7(2)6-8(9)4-5-10/h5,7-8H,3-4,6,9H2,1-2H3/t7?,8-/m1/s1. The lowest BCUT2D eigenvalue weighted by Gasteiger charge is -2.12. The van der Waals surface area contributed by atoms with Crippen molar-refractivity contribution >= 4 is 6.29 Å². The molecule has 0 heterocycles. The highest BCUT2D eigenvalue weighted by Crippen LogP contribution is 2.09. The van der Waals surface area contributed by atoms with Gasteiger partial charge in [0.05, 0.1) is 0 Å². The van der Waals surface area contributed by atoms with Gasteiger partial charge in [-0.1, -0.05) is 20.3 Å². The number of carbonyl (C=O) groups is 1. The lowest BCUT2D eigenvalue weighted by atomic mass is 9.98. The first-order valence-electron chi connectivity index (χ1n) is 3.89. The number of hydrogen-bond donors (Lipinski definition) is 1. The summed E-state index contributed by atoms with van der Waals surface area (Å²) in [5.74, 6) is 0.648. The van der Waals surface area contributed by atoms with Gasteiger partial charge in [-0.15, -0.1) is 0 Å². The van der Waals surface area contributed by atoms with E-state index in [1.165, 1.54) is 0 Å². The number of carbonyl (C=O) groups excluding carboxylic acids is 1. The van der Waals surface area contributed by atoms with Crippen molar-refractivity contribution in [2.45, 2.75) is 39.2 Å². The van der Waals surface area contributed by atoms with Crippen LogP contribution in [0, 0.1) is 5.92 Å². The molecule has 0 aromatic heterocycles. The molecule has 10 heavy (non-hydrogen) atoms. The third-order valence-electron chi connectivity index (χ3n) is 1.80. The Hall–Kier alpha value is -0.370. The molecule has 0 amide bonds. The summed E-state index contributed by atoms with van der Waals surface area (Å²) in [6, 6.07) is 0.0763. The number of hydrogen-bond acceptors (Lipinski definition) is 2. The lowest BCUT2D eigenvalue weighted by Crippen LogP contribution is -2.22. The van der Waals surface area contributed by atoms with Crippen molar-refractivity contribution in [3.8, 4) is 0 Å². The molecule has 0 saturated heterocycles. The van der Waals surface area contributed by atoms with E-state index in [1.54, 1.807) is 0 Å². The zero-order valence-corrected chi connectivity index (χ0v) is 6.84. The van der Waals surface area contributed by atoms with Gasteiger partial charge in [-0.25, -0.2) is 0 Å². The van der Waals surface area contributed by atoms with Crippen molar-refractivity contribution in [1.82, 2.24) is 0 Å². The molecule has 2 N–H and O–H groups in total. The summed E-state index contributed by atoms with van der Waals surface area (Å²) in [7, 11) is 0. The molecule has 0 fully saturated rings. The van der Waals surface area contributed by atoms with Gasteiger partial charge in [0.1, 0.15) is 6.29 Å². The molecule has 2 atom stereocenters. The first-order valence-corrected chi connectivity index (χ1v) is 3.89. The summed E-state index contributed by atoms with van der Waals surface area (Å²) in [6.07, 6.45) is 3.51. The van der Waals surface area contributed by atoms with Gasteiger partial charge in [0.2, 0.25) is 0 Å². The van der Waals surface area contributed by atoms with Crippen LogP contribution in [-0.2, 0) is 4.79 Å². The van der Waals surface area contributed by atoms with Crippen molar-refractivity contribution in [2.75, 3.05) is 0 Å². The monoisotopic (exact) mass is 143 g/mol. The Morgan fingerprint density at radius 2 is 2.20 bits per heavy atom. The third-order valence-corrected chi connectivity index (χ3v) is 1.80. The second-order valence-corrected chi connectivity index (χ2v) is 2.91. The zero-order valence-electron chi connectivity index (χ0n) is 6.84. The molecule has 0 aromatic carbocycles. The van der Waals surface area contributed by atoms with Crippen molar-refractivity contribution in [3.05, 3.63) is 0 Å². The lowest BCUT2D eigenvalue weighted by molar-refractivity contribution is -0.108. The minimum Gasteiger partial charge on any atom is -0.327 e. The van der Waals surface area contributed by atoms with Crippen LogP contribution in [0.2, 0.25) is 0 Å². The molecule has 1 unspecified atom stereocenters. The normalized spacial score (nSPS) is 16.3. The van der Waals surface area contributed by atoms with Gasteiger partial charge in [0.25, 0.3) is 0 Å². The Morgan fingerprint density at radius 3 is 2.60 bits per heavy atom. The molecule has 0 aliphatic rings. The van der Waals surface area contributed by atoms with Crippen molar-refractivity contribution < 1.29 is 4.79 Å². The van der Waals surface area contributed by atoms with Crippen LogP contribution in [0.5, 0.6) is 0 Å². The molecule has 2 nitrogen and oxygen atoms in total. The highest BCUT2D eigenvalue weighted by molar-refractivity contribution is 5.50. The highest BCUT2D eigenvalue weighted by atomic mass is 16.1. The second kappa shape index (κ2) is 5.42. The Bertz CT molecular complexity index is 93.3. The summed E-state index contributed by atoms with van der Waals surface area (Å²) < 4.78 is 0. The van der Waals surface area contributed by atoms with Gasteiger partial charge in [0.15, 0.2) is 0 Å². The molecule has 0 aliphatic carbocycles. The minimum atomic E-state index is 0.0763. The molecule has 0 rings (SSSR count). The molecule has 0 bridgehead atoms. The average molecular weight is 143 g/mol. The van der Waals surface area contributed by atoms with Crippen LogP contribution in [0.1, 0.15) is 33.1 Å². The SMILES string of the molecule is CCC(C)C[C@H](N)CC=O. The van der Waals surface area contributed by atoms with E-state index in [-0.39, 0.29) is 6.04 Å². The Kier molecular flexibility index (Phi) is 5.22. The van der Waals surface area contributed by atoms with Crippen LogP contribution >= 0.6 is 0 Å². The Balaban J connectivity index is 3.35. The van der Waals surface area contributed by atoms with Gasteiger partial charge in [-0.3, -0.25) is 0 Å². The first kappa shape index (κ1) is 9.63. The summed E-state index contributed by atoms with van der Waals surface area (Å²) >= 11 is 0. The summed E-state index contributed by atoms with van der Waals surface area (Å²) in [5.41, 5.74) is 5.63. The maximum absolute atomic E-state index is 10.0. The van der Waals surface area contributed by atoms with Gasteiger partial charge >= 0.3 is 0 Å². The molecule has 60 valence electrons. The quantitative estimate of drug-likeness (QED) is 0.590. The van der Waals surface area contributed by atoms with Crippen LogP contribution in [-0.4, -0.2) is 12.3 Å². The van der Waals surface area contributed by atoms with E-state index in [0.29, 0.717) is 12.3 Å². The third kappa shape index (κ3) is 4.50. The number of nitrogens with two attached hydrogens (primary N) is 1. The molecule has 0 radical (unpaired) electrons.